The summed E-state index contributed by atoms with van der Waals surface area (Å²) in [5, 5.41) is 2.35. The molecule has 0 spiro atoms. The summed E-state index contributed by atoms with van der Waals surface area (Å²) in [5.41, 5.74) is 0.925. The van der Waals surface area contributed by atoms with Crippen molar-refractivity contribution in [2.24, 2.45) is 0 Å². The monoisotopic (exact) mass is 248 g/mol. The average molecular weight is 248 g/mol. The molecule has 1 heterocycles. The zero-order valence-electron chi connectivity index (χ0n) is 9.15. The van der Waals surface area contributed by atoms with E-state index in [1.807, 2.05) is 26.2 Å². The second-order valence-corrected chi connectivity index (χ2v) is 6.35. The number of aromatic nitrogens is 1. The third-order valence-electron chi connectivity index (χ3n) is 1.83. The lowest BCUT2D eigenvalue weighted by atomic mass is 10.2. The Morgan fingerprint density at radius 1 is 1.53 bits per heavy atom. The molecule has 4 nitrogen and oxygen atoms in total. The molecule has 1 aromatic rings. The molecule has 0 saturated heterocycles. The van der Waals surface area contributed by atoms with E-state index in [4.69, 9.17) is 0 Å². The second kappa shape index (κ2) is 4.94. The predicted octanol–water partition coefficient (Wildman–Crippen LogP) is 2.42. The zero-order chi connectivity index (χ0) is 11.5. The molecule has 0 aliphatic heterocycles. The summed E-state index contributed by atoms with van der Waals surface area (Å²) >= 11 is 1.33. The highest BCUT2D eigenvalue weighted by atomic mass is 32.2. The third kappa shape index (κ3) is 3.79. The van der Waals surface area contributed by atoms with Gasteiger partial charge in [0.1, 0.15) is 0 Å². The van der Waals surface area contributed by atoms with Gasteiger partial charge in [0.25, 0.3) is 0 Å². The second-order valence-electron chi connectivity index (χ2n) is 3.65. The first kappa shape index (κ1) is 12.4. The standard InChI is InChI=1S/C9H16N2O2S2/c1-4-5-15(12,13)11-9-10-8(6-14-9)7(2)3/h6-7H,4-5H2,1-3H3,(H,10,11). The van der Waals surface area contributed by atoms with Gasteiger partial charge < -0.3 is 0 Å². The van der Waals surface area contributed by atoms with Gasteiger partial charge in [-0.2, -0.15) is 0 Å². The quantitative estimate of drug-likeness (QED) is 0.870. The van der Waals surface area contributed by atoms with Gasteiger partial charge in [0.15, 0.2) is 5.13 Å². The molecular weight excluding hydrogens is 232 g/mol. The molecule has 0 bridgehead atoms. The van der Waals surface area contributed by atoms with E-state index in [1.54, 1.807) is 0 Å². The Labute approximate surface area is 94.8 Å². The van der Waals surface area contributed by atoms with E-state index in [0.717, 1.165) is 5.69 Å². The minimum atomic E-state index is -3.20. The summed E-state index contributed by atoms with van der Waals surface area (Å²) in [7, 11) is -3.20. The lowest BCUT2D eigenvalue weighted by Crippen LogP contribution is -2.15. The van der Waals surface area contributed by atoms with Crippen LogP contribution in [0.5, 0.6) is 0 Å². The Balaban J connectivity index is 2.73. The maximum absolute atomic E-state index is 11.4. The molecule has 86 valence electrons. The topological polar surface area (TPSA) is 59.1 Å². The van der Waals surface area contributed by atoms with E-state index < -0.39 is 10.0 Å². The normalized spacial score (nSPS) is 12.0. The number of sulfonamides is 1. The Kier molecular flexibility index (Phi) is 4.10. The van der Waals surface area contributed by atoms with Crippen LogP contribution in [0.4, 0.5) is 5.13 Å². The van der Waals surface area contributed by atoms with Crippen molar-refractivity contribution in [3.05, 3.63) is 11.1 Å². The van der Waals surface area contributed by atoms with Crippen LogP contribution in [-0.2, 0) is 10.0 Å². The average Bonchev–Trinajstić information content (AvgIpc) is 2.51. The van der Waals surface area contributed by atoms with Crippen molar-refractivity contribution in [2.75, 3.05) is 10.5 Å². The fourth-order valence-electron chi connectivity index (χ4n) is 1.05. The summed E-state index contributed by atoms with van der Waals surface area (Å²) in [6.07, 6.45) is 0.609. The highest BCUT2D eigenvalue weighted by molar-refractivity contribution is 7.92. The number of rotatable bonds is 5. The van der Waals surface area contributed by atoms with Gasteiger partial charge in [-0.15, -0.1) is 11.3 Å². The van der Waals surface area contributed by atoms with Crippen molar-refractivity contribution in [3.63, 3.8) is 0 Å². The summed E-state index contributed by atoms with van der Waals surface area (Å²) < 4.78 is 25.3. The van der Waals surface area contributed by atoms with Crippen LogP contribution in [0, 0.1) is 0 Å². The van der Waals surface area contributed by atoms with Gasteiger partial charge in [-0.25, -0.2) is 13.4 Å². The van der Waals surface area contributed by atoms with Crippen LogP contribution in [0.1, 0.15) is 38.8 Å². The van der Waals surface area contributed by atoms with E-state index in [0.29, 0.717) is 17.5 Å². The summed E-state index contributed by atoms with van der Waals surface area (Å²) in [6.45, 7) is 5.89. The molecule has 1 rings (SSSR count). The minimum absolute atomic E-state index is 0.142. The fraction of sp³-hybridized carbons (Fsp3) is 0.667. The van der Waals surface area contributed by atoms with Crippen LogP contribution in [-0.4, -0.2) is 19.2 Å². The summed E-state index contributed by atoms with van der Waals surface area (Å²) in [4.78, 5) is 4.21. The number of anilines is 1. The smallest absolute Gasteiger partial charge is 0.234 e. The van der Waals surface area contributed by atoms with Crippen LogP contribution in [0.3, 0.4) is 0 Å². The summed E-state index contributed by atoms with van der Waals surface area (Å²) in [6, 6.07) is 0. The van der Waals surface area contributed by atoms with Crippen LogP contribution >= 0.6 is 11.3 Å². The van der Waals surface area contributed by atoms with Gasteiger partial charge in [-0.1, -0.05) is 20.8 Å². The number of nitrogens with zero attached hydrogens (tertiary/aromatic N) is 1. The molecule has 0 unspecified atom stereocenters. The van der Waals surface area contributed by atoms with Crippen molar-refractivity contribution < 1.29 is 8.42 Å². The van der Waals surface area contributed by atoms with Gasteiger partial charge >= 0.3 is 0 Å². The zero-order valence-corrected chi connectivity index (χ0v) is 10.8. The van der Waals surface area contributed by atoms with Gasteiger partial charge in [0, 0.05) is 5.38 Å². The molecule has 0 amide bonds. The Morgan fingerprint density at radius 2 is 2.20 bits per heavy atom. The Bertz CT molecular complexity index is 410. The first-order valence-corrected chi connectivity index (χ1v) is 7.43. The number of thiazole rings is 1. The third-order valence-corrected chi connectivity index (χ3v) is 4.18. The molecule has 0 saturated carbocycles. The van der Waals surface area contributed by atoms with Gasteiger partial charge in [0.2, 0.25) is 10.0 Å². The van der Waals surface area contributed by atoms with Crippen LogP contribution in [0.15, 0.2) is 5.38 Å². The molecule has 6 heteroatoms. The van der Waals surface area contributed by atoms with Gasteiger partial charge in [-0.05, 0) is 12.3 Å². The van der Waals surface area contributed by atoms with E-state index in [2.05, 4.69) is 9.71 Å². The van der Waals surface area contributed by atoms with E-state index >= 15 is 0 Å². The first-order valence-electron chi connectivity index (χ1n) is 4.90. The van der Waals surface area contributed by atoms with Crippen LogP contribution in [0.2, 0.25) is 0 Å². The summed E-state index contributed by atoms with van der Waals surface area (Å²) in [5.74, 6) is 0.467. The minimum Gasteiger partial charge on any atom is -0.259 e. The van der Waals surface area contributed by atoms with Gasteiger partial charge in [0.05, 0.1) is 11.4 Å². The molecule has 0 aromatic carbocycles. The van der Waals surface area contributed by atoms with E-state index in [-0.39, 0.29) is 5.75 Å². The van der Waals surface area contributed by atoms with Crippen molar-refractivity contribution in [3.8, 4) is 0 Å². The van der Waals surface area contributed by atoms with Crippen molar-refractivity contribution in [1.82, 2.24) is 4.98 Å². The molecule has 1 N–H and O–H groups in total. The van der Waals surface area contributed by atoms with E-state index in [9.17, 15) is 8.42 Å². The number of hydrogen-bond donors (Lipinski definition) is 1. The molecule has 0 radical (unpaired) electrons. The van der Waals surface area contributed by atoms with Gasteiger partial charge in [-0.3, -0.25) is 4.72 Å². The predicted molar refractivity (Wildman–Crippen MR) is 63.9 cm³/mol. The molecule has 15 heavy (non-hydrogen) atoms. The molecule has 1 aromatic heterocycles. The highest BCUT2D eigenvalue weighted by Crippen LogP contribution is 2.22. The van der Waals surface area contributed by atoms with Crippen molar-refractivity contribution >= 4 is 26.5 Å². The molecule has 0 aliphatic carbocycles. The van der Waals surface area contributed by atoms with Crippen LogP contribution < -0.4 is 4.72 Å². The maximum atomic E-state index is 11.4. The number of nitrogens with one attached hydrogen (secondary N) is 1. The first-order chi connectivity index (χ1) is 6.94. The molecular formula is C9H16N2O2S2. The molecule has 0 aliphatic rings. The van der Waals surface area contributed by atoms with Crippen LogP contribution in [0.25, 0.3) is 0 Å². The van der Waals surface area contributed by atoms with E-state index in [1.165, 1.54) is 11.3 Å². The lowest BCUT2D eigenvalue weighted by molar-refractivity contribution is 0.600. The lowest BCUT2D eigenvalue weighted by Gasteiger charge is -2.02. The van der Waals surface area contributed by atoms with Crippen molar-refractivity contribution in [2.45, 2.75) is 33.1 Å². The molecule has 0 atom stereocenters. The fourth-order valence-corrected chi connectivity index (χ4v) is 3.29. The Morgan fingerprint density at radius 3 is 2.67 bits per heavy atom. The molecule has 0 fully saturated rings. The largest absolute Gasteiger partial charge is 0.259 e. The number of hydrogen-bond acceptors (Lipinski definition) is 4. The Hall–Kier alpha value is -0.620. The maximum Gasteiger partial charge on any atom is 0.234 e. The van der Waals surface area contributed by atoms with Crippen molar-refractivity contribution in [1.29, 1.82) is 0 Å². The SMILES string of the molecule is CCCS(=O)(=O)Nc1nc(C(C)C)cs1. The highest BCUT2D eigenvalue weighted by Gasteiger charge is 2.12.